The average Bonchev–Trinajstić information content (AvgIpc) is 2.66. The van der Waals surface area contributed by atoms with Crippen molar-refractivity contribution >= 4 is 26.9 Å². The number of hydrogen-bond acceptors (Lipinski definition) is 2. The summed E-state index contributed by atoms with van der Waals surface area (Å²) in [5, 5.41) is 4.71. The van der Waals surface area contributed by atoms with Gasteiger partial charge in [0.25, 0.3) is 0 Å². The Morgan fingerprint density at radius 1 is 1.32 bits per heavy atom. The molecule has 0 aliphatic carbocycles. The van der Waals surface area contributed by atoms with Crippen LogP contribution in [0.4, 0.5) is 0 Å². The van der Waals surface area contributed by atoms with E-state index >= 15 is 0 Å². The van der Waals surface area contributed by atoms with E-state index in [4.69, 9.17) is 4.42 Å². The van der Waals surface area contributed by atoms with Crippen LogP contribution in [-0.4, -0.2) is 6.04 Å². The van der Waals surface area contributed by atoms with Crippen LogP contribution >= 0.6 is 15.9 Å². The highest BCUT2D eigenvalue weighted by Gasteiger charge is 2.16. The third-order valence-electron chi connectivity index (χ3n) is 3.25. The number of fused-ring (bicyclic) bond motifs is 1. The second-order valence-corrected chi connectivity index (χ2v) is 6.27. The summed E-state index contributed by atoms with van der Waals surface area (Å²) in [5.74, 6) is 1.08. The zero-order valence-electron chi connectivity index (χ0n) is 12.1. The van der Waals surface area contributed by atoms with Crippen molar-refractivity contribution in [3.8, 4) is 0 Å². The maximum absolute atomic E-state index is 6.08. The van der Waals surface area contributed by atoms with Crippen molar-refractivity contribution in [2.75, 3.05) is 0 Å². The van der Waals surface area contributed by atoms with Gasteiger partial charge in [0.2, 0.25) is 0 Å². The molecule has 0 bridgehead atoms. The van der Waals surface area contributed by atoms with Gasteiger partial charge >= 0.3 is 0 Å². The summed E-state index contributed by atoms with van der Waals surface area (Å²) >= 11 is 3.61. The van der Waals surface area contributed by atoms with Gasteiger partial charge in [-0.3, -0.25) is 0 Å². The van der Waals surface area contributed by atoms with E-state index in [0.29, 0.717) is 6.04 Å². The summed E-state index contributed by atoms with van der Waals surface area (Å²) in [6.45, 7) is 9.44. The molecule has 104 valence electrons. The van der Waals surface area contributed by atoms with E-state index < -0.39 is 0 Å². The van der Waals surface area contributed by atoms with E-state index in [9.17, 15) is 0 Å². The minimum atomic E-state index is 0.466. The molecule has 2 nitrogen and oxygen atoms in total. The van der Waals surface area contributed by atoms with Gasteiger partial charge < -0.3 is 9.73 Å². The average molecular weight is 324 g/mol. The van der Waals surface area contributed by atoms with Crippen LogP contribution in [-0.2, 0) is 13.0 Å². The summed E-state index contributed by atoms with van der Waals surface area (Å²) in [6.07, 6.45) is 2.20. The molecule has 0 fully saturated rings. The smallest absolute Gasteiger partial charge is 0.148 e. The maximum Gasteiger partial charge on any atom is 0.148 e. The van der Waals surface area contributed by atoms with Gasteiger partial charge in [-0.15, -0.1) is 0 Å². The molecule has 0 spiro atoms. The number of nitrogens with one attached hydrogen (secondary N) is 1. The van der Waals surface area contributed by atoms with Gasteiger partial charge in [0.15, 0.2) is 0 Å². The molecular weight excluding hydrogens is 302 g/mol. The molecule has 2 aromatic rings. The fourth-order valence-electron chi connectivity index (χ4n) is 2.36. The Hall–Kier alpha value is -0.800. The van der Waals surface area contributed by atoms with Gasteiger partial charge in [-0.2, -0.15) is 0 Å². The topological polar surface area (TPSA) is 25.2 Å². The van der Waals surface area contributed by atoms with E-state index in [1.54, 1.807) is 0 Å². The highest BCUT2D eigenvalue weighted by molar-refractivity contribution is 9.10. The van der Waals surface area contributed by atoms with Crippen molar-refractivity contribution in [3.63, 3.8) is 0 Å². The molecule has 0 saturated heterocycles. The highest BCUT2D eigenvalue weighted by Crippen LogP contribution is 2.33. The van der Waals surface area contributed by atoms with Crippen LogP contribution in [0.5, 0.6) is 0 Å². The molecule has 0 unspecified atom stereocenters. The summed E-state index contributed by atoms with van der Waals surface area (Å²) < 4.78 is 7.13. The third kappa shape index (κ3) is 3.21. The molecule has 19 heavy (non-hydrogen) atoms. The Labute approximate surface area is 123 Å². The van der Waals surface area contributed by atoms with Crippen molar-refractivity contribution in [2.45, 2.75) is 53.1 Å². The number of hydrogen-bond donors (Lipinski definition) is 1. The summed E-state index contributed by atoms with van der Waals surface area (Å²) in [5.41, 5.74) is 3.60. The van der Waals surface area contributed by atoms with Gasteiger partial charge in [0.05, 0.1) is 11.0 Å². The van der Waals surface area contributed by atoms with Crippen LogP contribution in [0.2, 0.25) is 0 Å². The molecule has 0 radical (unpaired) electrons. The molecule has 2 rings (SSSR count). The fourth-order valence-corrected chi connectivity index (χ4v) is 3.01. The summed E-state index contributed by atoms with van der Waals surface area (Å²) in [7, 11) is 0. The molecule has 1 aromatic heterocycles. The van der Waals surface area contributed by atoms with E-state index in [0.717, 1.165) is 35.2 Å². The number of rotatable bonds is 5. The molecule has 0 atom stereocenters. The molecule has 0 saturated carbocycles. The predicted molar refractivity (Wildman–Crippen MR) is 84.6 cm³/mol. The number of aryl methyl sites for hydroxylation is 2. The standard InChI is InChI=1S/C16H22BrNO/c1-5-6-12-13-7-11(4)8-14(17)16(13)19-15(12)9-18-10(2)3/h7-8,10,18H,5-6,9H2,1-4H3. The molecule has 3 heteroatoms. The van der Waals surface area contributed by atoms with Gasteiger partial charge in [-0.05, 0) is 47.0 Å². The Balaban J connectivity index is 2.50. The van der Waals surface area contributed by atoms with E-state index in [-0.39, 0.29) is 0 Å². The first-order chi connectivity index (χ1) is 9.02. The first-order valence-electron chi connectivity index (χ1n) is 6.96. The van der Waals surface area contributed by atoms with Gasteiger partial charge in [-0.25, -0.2) is 0 Å². The van der Waals surface area contributed by atoms with Crippen LogP contribution in [0.3, 0.4) is 0 Å². The zero-order chi connectivity index (χ0) is 14.0. The monoisotopic (exact) mass is 323 g/mol. The van der Waals surface area contributed by atoms with Crippen LogP contribution in [0.1, 0.15) is 44.1 Å². The SMILES string of the molecule is CCCc1c(CNC(C)C)oc2c(Br)cc(C)cc12. The lowest BCUT2D eigenvalue weighted by atomic mass is 10.0. The molecule has 0 aliphatic heterocycles. The first-order valence-corrected chi connectivity index (χ1v) is 7.76. The normalized spacial score (nSPS) is 11.7. The Kier molecular flexibility index (Phi) is 4.69. The molecule has 1 N–H and O–H groups in total. The molecule has 1 aromatic carbocycles. The van der Waals surface area contributed by atoms with E-state index in [2.05, 4.69) is 61.1 Å². The number of furan rings is 1. The van der Waals surface area contributed by atoms with Crippen molar-refractivity contribution in [1.29, 1.82) is 0 Å². The van der Waals surface area contributed by atoms with Crippen LogP contribution in [0, 0.1) is 6.92 Å². The fraction of sp³-hybridized carbons (Fsp3) is 0.500. The molecular formula is C16H22BrNO. The Bertz CT molecular complexity index is 572. The lowest BCUT2D eigenvalue weighted by molar-refractivity contribution is 0.482. The minimum absolute atomic E-state index is 0.466. The largest absolute Gasteiger partial charge is 0.458 e. The summed E-state index contributed by atoms with van der Waals surface area (Å²) in [4.78, 5) is 0. The van der Waals surface area contributed by atoms with Crippen molar-refractivity contribution < 1.29 is 4.42 Å². The van der Waals surface area contributed by atoms with E-state index in [1.165, 1.54) is 16.5 Å². The van der Waals surface area contributed by atoms with Crippen molar-refractivity contribution in [2.24, 2.45) is 0 Å². The van der Waals surface area contributed by atoms with Gasteiger partial charge in [-0.1, -0.05) is 27.2 Å². The number of halogens is 1. The maximum atomic E-state index is 6.08. The van der Waals surface area contributed by atoms with Gasteiger partial charge in [0, 0.05) is 17.0 Å². The van der Waals surface area contributed by atoms with Crippen LogP contribution < -0.4 is 5.32 Å². The van der Waals surface area contributed by atoms with Crippen LogP contribution in [0.25, 0.3) is 11.0 Å². The minimum Gasteiger partial charge on any atom is -0.458 e. The third-order valence-corrected chi connectivity index (χ3v) is 3.83. The quantitative estimate of drug-likeness (QED) is 0.841. The molecule has 1 heterocycles. The Morgan fingerprint density at radius 2 is 2.05 bits per heavy atom. The lowest BCUT2D eigenvalue weighted by Crippen LogP contribution is -2.22. The Morgan fingerprint density at radius 3 is 2.68 bits per heavy atom. The lowest BCUT2D eigenvalue weighted by Gasteiger charge is -2.07. The van der Waals surface area contributed by atoms with Crippen molar-refractivity contribution in [1.82, 2.24) is 5.32 Å². The highest BCUT2D eigenvalue weighted by atomic mass is 79.9. The van der Waals surface area contributed by atoms with E-state index in [1.807, 2.05) is 0 Å². The van der Waals surface area contributed by atoms with Gasteiger partial charge in [0.1, 0.15) is 11.3 Å². The molecule has 0 amide bonds. The van der Waals surface area contributed by atoms with Crippen LogP contribution in [0.15, 0.2) is 21.0 Å². The second kappa shape index (κ2) is 6.10. The first kappa shape index (κ1) is 14.6. The zero-order valence-corrected chi connectivity index (χ0v) is 13.7. The second-order valence-electron chi connectivity index (χ2n) is 5.41. The number of benzene rings is 1. The van der Waals surface area contributed by atoms with Crippen molar-refractivity contribution in [3.05, 3.63) is 33.5 Å². The predicted octanol–water partition coefficient (Wildman–Crippen LogP) is 4.95. The summed E-state index contributed by atoms with van der Waals surface area (Å²) in [6, 6.07) is 4.81. The molecule has 0 aliphatic rings.